The molecule has 0 heterocycles. The van der Waals surface area contributed by atoms with Crippen LogP contribution in [0, 0.1) is 5.92 Å². The van der Waals surface area contributed by atoms with Gasteiger partial charge in [-0.25, -0.2) is 13.2 Å². The molecule has 45 heavy (non-hydrogen) atoms. The van der Waals surface area contributed by atoms with Gasteiger partial charge in [0.15, 0.2) is 0 Å². The monoisotopic (exact) mass is 636 g/mol. The number of methoxy groups -OCH3 is 1. The summed E-state index contributed by atoms with van der Waals surface area (Å²) in [5, 5.41) is 16.1. The van der Waals surface area contributed by atoms with Crippen LogP contribution >= 0.6 is 0 Å². The van der Waals surface area contributed by atoms with E-state index in [9.17, 15) is 23.1 Å². The Labute approximate surface area is 266 Å². The average Bonchev–Trinajstić information content (AvgIpc) is 3.87. The Bertz CT molecular complexity index is 1440. The molecule has 3 aromatic carbocycles. The number of nitrogens with one attached hydrogen (secondary N) is 2. The molecular formula is C34H44N4O6S. The first-order valence-electron chi connectivity index (χ1n) is 15.4. The third-order valence-electron chi connectivity index (χ3n) is 8.19. The van der Waals surface area contributed by atoms with Gasteiger partial charge in [-0.1, -0.05) is 60.7 Å². The Hall–Kier alpha value is -3.93. The summed E-state index contributed by atoms with van der Waals surface area (Å²) >= 11 is 0. The number of hydrogen-bond acceptors (Lipinski definition) is 7. The topological polar surface area (TPSA) is 151 Å². The number of benzene rings is 3. The molecule has 4 rings (SSSR count). The molecule has 11 heteroatoms. The molecule has 5 N–H and O–H groups in total. The van der Waals surface area contributed by atoms with E-state index in [0.29, 0.717) is 31.5 Å². The fourth-order valence-electron chi connectivity index (χ4n) is 5.55. The second-order valence-corrected chi connectivity index (χ2v) is 13.6. The highest BCUT2D eigenvalue weighted by Gasteiger charge is 2.37. The van der Waals surface area contributed by atoms with Gasteiger partial charge in [0.25, 0.3) is 0 Å². The molecule has 1 fully saturated rings. The molecule has 0 bridgehead atoms. The Morgan fingerprint density at radius 3 is 2.02 bits per heavy atom. The summed E-state index contributed by atoms with van der Waals surface area (Å²) < 4.78 is 33.5. The smallest absolute Gasteiger partial charge is 0.407 e. The zero-order chi connectivity index (χ0) is 32.4. The summed E-state index contributed by atoms with van der Waals surface area (Å²) in [6.45, 7) is 1.91. The van der Waals surface area contributed by atoms with Gasteiger partial charge >= 0.3 is 6.09 Å². The Morgan fingerprint density at radius 2 is 1.51 bits per heavy atom. The standard InChI is InChI=1S/C34H44N4O6S/c1-24(10-9-15-29(23-39)38(22-25-16-17-25)45(42,43)30-20-18-28(35)19-21-30)36-33(40)32(37-34(41)44-2)31(26-11-5-3-6-12-26)27-13-7-4-8-14-27/h3-8,11-14,18-21,24-25,29,31-32,39H,9-10,15-17,22-23,35H2,1-2H3,(H,36,40)(H,37,41)/t24-,29-,32-/m0/s1. The number of nitrogens with two attached hydrogens (primary N) is 1. The maximum Gasteiger partial charge on any atom is 0.407 e. The van der Waals surface area contributed by atoms with Crippen LogP contribution in [-0.2, 0) is 19.6 Å². The molecule has 0 aliphatic heterocycles. The molecule has 0 spiro atoms. The summed E-state index contributed by atoms with van der Waals surface area (Å²) in [7, 11) is -2.59. The summed E-state index contributed by atoms with van der Waals surface area (Å²) in [6.07, 6.45) is 2.71. The Kier molecular flexibility index (Phi) is 12.0. The van der Waals surface area contributed by atoms with Crippen molar-refractivity contribution in [3.8, 4) is 0 Å². The van der Waals surface area contributed by atoms with Gasteiger partial charge in [-0.3, -0.25) is 4.79 Å². The molecule has 3 aromatic rings. The Balaban J connectivity index is 1.45. The number of nitrogens with zero attached hydrogens (tertiary/aromatic N) is 1. The van der Waals surface area contributed by atoms with Crippen LogP contribution in [0.5, 0.6) is 0 Å². The van der Waals surface area contributed by atoms with Crippen molar-refractivity contribution in [1.29, 1.82) is 0 Å². The van der Waals surface area contributed by atoms with Gasteiger partial charge in [0, 0.05) is 30.2 Å². The number of carbonyl (C=O) groups is 2. The fraction of sp³-hybridized carbons (Fsp3) is 0.412. The lowest BCUT2D eigenvalue weighted by Gasteiger charge is -2.31. The highest BCUT2D eigenvalue weighted by atomic mass is 32.2. The highest BCUT2D eigenvalue weighted by Crippen LogP contribution is 2.34. The maximum atomic E-state index is 13.8. The lowest BCUT2D eigenvalue weighted by atomic mass is 9.84. The lowest BCUT2D eigenvalue weighted by Crippen LogP contribution is -2.52. The van der Waals surface area contributed by atoms with Crippen LogP contribution in [0.1, 0.15) is 56.1 Å². The number of rotatable bonds is 16. The van der Waals surface area contributed by atoms with Crippen LogP contribution in [0.2, 0.25) is 0 Å². The van der Waals surface area contributed by atoms with Crippen LogP contribution in [0.3, 0.4) is 0 Å². The van der Waals surface area contributed by atoms with Crippen LogP contribution in [0.4, 0.5) is 10.5 Å². The average molecular weight is 637 g/mol. The van der Waals surface area contributed by atoms with Crippen LogP contribution in [-0.4, -0.2) is 68.2 Å². The highest BCUT2D eigenvalue weighted by molar-refractivity contribution is 7.89. The van der Waals surface area contributed by atoms with Crippen molar-refractivity contribution in [2.75, 3.05) is 26.0 Å². The van der Waals surface area contributed by atoms with E-state index in [2.05, 4.69) is 10.6 Å². The molecular weight excluding hydrogens is 592 g/mol. The fourth-order valence-corrected chi connectivity index (χ4v) is 7.27. The second kappa shape index (κ2) is 15.9. The van der Waals surface area contributed by atoms with Crippen molar-refractivity contribution in [2.45, 2.75) is 68.0 Å². The first kappa shape index (κ1) is 34.0. The number of amides is 2. The number of carbonyl (C=O) groups excluding carboxylic acids is 2. The third kappa shape index (κ3) is 9.29. The normalized spacial score (nSPS) is 15.3. The van der Waals surface area contributed by atoms with E-state index >= 15 is 0 Å². The zero-order valence-corrected chi connectivity index (χ0v) is 26.7. The largest absolute Gasteiger partial charge is 0.453 e. The number of hydrogen-bond donors (Lipinski definition) is 4. The summed E-state index contributed by atoms with van der Waals surface area (Å²) in [4.78, 5) is 26.3. The van der Waals surface area contributed by atoms with Gasteiger partial charge in [0.2, 0.25) is 15.9 Å². The van der Waals surface area contributed by atoms with Crippen molar-refractivity contribution in [2.24, 2.45) is 5.92 Å². The third-order valence-corrected chi connectivity index (χ3v) is 10.1. The van der Waals surface area contributed by atoms with Gasteiger partial charge in [0.1, 0.15) is 6.04 Å². The van der Waals surface area contributed by atoms with E-state index in [4.69, 9.17) is 10.5 Å². The quantitative estimate of drug-likeness (QED) is 0.172. The first-order valence-corrected chi connectivity index (χ1v) is 16.8. The van der Waals surface area contributed by atoms with Gasteiger partial charge in [-0.15, -0.1) is 0 Å². The number of ether oxygens (including phenoxy) is 1. The number of sulfonamides is 1. The molecule has 3 atom stereocenters. The molecule has 1 aliphatic rings. The maximum absolute atomic E-state index is 13.8. The van der Waals surface area contributed by atoms with Crippen molar-refractivity contribution in [1.82, 2.24) is 14.9 Å². The molecule has 10 nitrogen and oxygen atoms in total. The number of aliphatic hydroxyl groups is 1. The zero-order valence-electron chi connectivity index (χ0n) is 25.8. The predicted molar refractivity (Wildman–Crippen MR) is 174 cm³/mol. The molecule has 0 unspecified atom stereocenters. The van der Waals surface area contributed by atoms with E-state index < -0.39 is 34.1 Å². The molecule has 0 aromatic heterocycles. The molecule has 0 radical (unpaired) electrons. The van der Waals surface area contributed by atoms with Gasteiger partial charge in [-0.05, 0) is 80.3 Å². The van der Waals surface area contributed by atoms with E-state index in [1.807, 2.05) is 67.6 Å². The van der Waals surface area contributed by atoms with Gasteiger partial charge in [-0.2, -0.15) is 4.31 Å². The lowest BCUT2D eigenvalue weighted by molar-refractivity contribution is -0.124. The van der Waals surface area contributed by atoms with Crippen molar-refractivity contribution < 1.29 is 27.9 Å². The van der Waals surface area contributed by atoms with Crippen LogP contribution < -0.4 is 16.4 Å². The van der Waals surface area contributed by atoms with E-state index in [1.165, 1.54) is 23.5 Å². The summed E-state index contributed by atoms with van der Waals surface area (Å²) in [5.41, 5.74) is 7.96. The molecule has 1 saturated carbocycles. The minimum absolute atomic E-state index is 0.145. The molecule has 0 saturated heterocycles. The molecule has 2 amide bonds. The Morgan fingerprint density at radius 1 is 0.933 bits per heavy atom. The number of alkyl carbamates (subject to hydrolysis) is 1. The van der Waals surface area contributed by atoms with Crippen LogP contribution in [0.25, 0.3) is 0 Å². The molecule has 242 valence electrons. The second-order valence-electron chi connectivity index (χ2n) is 11.7. The minimum Gasteiger partial charge on any atom is -0.453 e. The van der Waals surface area contributed by atoms with E-state index in [1.54, 1.807) is 12.1 Å². The van der Waals surface area contributed by atoms with E-state index in [0.717, 1.165) is 24.0 Å². The number of nitrogen functional groups attached to an aromatic ring is 1. The van der Waals surface area contributed by atoms with Crippen molar-refractivity contribution in [3.63, 3.8) is 0 Å². The first-order chi connectivity index (χ1) is 21.6. The van der Waals surface area contributed by atoms with Crippen molar-refractivity contribution in [3.05, 3.63) is 96.1 Å². The number of anilines is 1. The molecule has 1 aliphatic carbocycles. The van der Waals surface area contributed by atoms with Gasteiger partial charge < -0.3 is 26.2 Å². The summed E-state index contributed by atoms with van der Waals surface area (Å²) in [6, 6.07) is 23.2. The summed E-state index contributed by atoms with van der Waals surface area (Å²) in [5.74, 6) is -0.570. The number of aliphatic hydroxyl groups excluding tert-OH is 1. The van der Waals surface area contributed by atoms with Crippen LogP contribution in [0.15, 0.2) is 89.8 Å². The predicted octanol–water partition coefficient (Wildman–Crippen LogP) is 4.26. The SMILES string of the molecule is COC(=O)N[C@H](C(=O)N[C@@H](C)CCC[C@@H](CO)N(CC1CC1)S(=O)(=O)c1ccc(N)cc1)C(c1ccccc1)c1ccccc1. The van der Waals surface area contributed by atoms with Crippen molar-refractivity contribution >= 4 is 27.7 Å². The minimum atomic E-state index is -3.85. The van der Waals surface area contributed by atoms with Gasteiger partial charge in [0.05, 0.1) is 18.6 Å². The van der Waals surface area contributed by atoms with E-state index in [-0.39, 0.29) is 29.4 Å².